The second-order valence-corrected chi connectivity index (χ2v) is 3.92. The number of carbonyl (C=O) groups is 1. The van der Waals surface area contributed by atoms with Gasteiger partial charge in [-0.3, -0.25) is 4.79 Å². The van der Waals surface area contributed by atoms with Crippen LogP contribution in [-0.4, -0.2) is 6.29 Å². The van der Waals surface area contributed by atoms with Gasteiger partial charge in [0, 0.05) is 9.35 Å². The van der Waals surface area contributed by atoms with E-state index in [-0.39, 0.29) is 0 Å². The molecular weight excluding hydrogens is 212 g/mol. The van der Waals surface area contributed by atoms with Gasteiger partial charge in [-0.2, -0.15) is 0 Å². The van der Waals surface area contributed by atoms with Crippen molar-refractivity contribution in [1.29, 1.82) is 0 Å². The minimum atomic E-state index is 0.789. The molecule has 0 spiro atoms. The molecule has 0 N–H and O–H groups in total. The van der Waals surface area contributed by atoms with Gasteiger partial charge in [-0.1, -0.05) is 6.92 Å². The van der Waals surface area contributed by atoms with E-state index in [4.69, 9.17) is 0 Å². The van der Waals surface area contributed by atoms with Crippen molar-refractivity contribution in [2.24, 2.45) is 0 Å². The average molecular weight is 219 g/mol. The van der Waals surface area contributed by atoms with E-state index in [0.29, 0.717) is 0 Å². The van der Waals surface area contributed by atoms with Gasteiger partial charge in [-0.05, 0) is 28.4 Å². The molecule has 0 radical (unpaired) electrons. The molecular formula is C7H7BrOS. The van der Waals surface area contributed by atoms with Gasteiger partial charge in [0.1, 0.15) is 0 Å². The Bertz CT molecular complexity index is 242. The molecule has 1 heterocycles. The zero-order valence-corrected chi connectivity index (χ0v) is 7.96. The number of thiophene rings is 1. The maximum absolute atomic E-state index is 10.3. The maximum atomic E-state index is 10.3. The van der Waals surface area contributed by atoms with Crippen molar-refractivity contribution >= 4 is 33.6 Å². The zero-order valence-electron chi connectivity index (χ0n) is 5.56. The Balaban J connectivity index is 3.03. The van der Waals surface area contributed by atoms with Gasteiger partial charge in [0.05, 0.1) is 4.88 Å². The van der Waals surface area contributed by atoms with Crippen LogP contribution in [0.15, 0.2) is 10.5 Å². The third kappa shape index (κ3) is 1.47. The van der Waals surface area contributed by atoms with E-state index in [1.54, 1.807) is 11.3 Å². The van der Waals surface area contributed by atoms with E-state index in [1.807, 2.05) is 6.07 Å². The second kappa shape index (κ2) is 3.30. The Morgan fingerprint density at radius 1 is 1.80 bits per heavy atom. The summed E-state index contributed by atoms with van der Waals surface area (Å²) < 4.78 is 0.921. The SMILES string of the molecule is CCc1cc(Br)c(C=O)s1. The van der Waals surface area contributed by atoms with Crippen LogP contribution < -0.4 is 0 Å². The third-order valence-electron chi connectivity index (χ3n) is 1.22. The predicted molar refractivity (Wildman–Crippen MR) is 46.8 cm³/mol. The van der Waals surface area contributed by atoms with Gasteiger partial charge in [0.15, 0.2) is 6.29 Å². The lowest BCUT2D eigenvalue weighted by Crippen LogP contribution is -1.67. The molecule has 1 nitrogen and oxygen atoms in total. The summed E-state index contributed by atoms with van der Waals surface area (Å²) in [4.78, 5) is 12.4. The Hall–Kier alpha value is -0.150. The molecule has 0 amide bonds. The Morgan fingerprint density at radius 3 is 2.80 bits per heavy atom. The molecule has 0 aromatic carbocycles. The molecule has 0 atom stereocenters. The highest BCUT2D eigenvalue weighted by Crippen LogP contribution is 2.25. The topological polar surface area (TPSA) is 17.1 Å². The van der Waals surface area contributed by atoms with Crippen LogP contribution >= 0.6 is 27.3 Å². The molecule has 10 heavy (non-hydrogen) atoms. The molecule has 0 aliphatic rings. The van der Waals surface area contributed by atoms with Crippen LogP contribution in [0.25, 0.3) is 0 Å². The summed E-state index contributed by atoms with van der Waals surface area (Å²) in [6, 6.07) is 1.99. The van der Waals surface area contributed by atoms with Crippen LogP contribution in [0.3, 0.4) is 0 Å². The van der Waals surface area contributed by atoms with Gasteiger partial charge in [-0.15, -0.1) is 11.3 Å². The summed E-state index contributed by atoms with van der Waals surface area (Å²) in [5, 5.41) is 0. The number of hydrogen-bond donors (Lipinski definition) is 0. The fraction of sp³-hybridized carbons (Fsp3) is 0.286. The molecule has 1 aromatic heterocycles. The molecule has 3 heteroatoms. The van der Waals surface area contributed by atoms with Crippen LogP contribution in [-0.2, 0) is 6.42 Å². The lowest BCUT2D eigenvalue weighted by Gasteiger charge is -1.79. The molecule has 0 bridgehead atoms. The summed E-state index contributed by atoms with van der Waals surface area (Å²) >= 11 is 4.84. The minimum Gasteiger partial charge on any atom is -0.297 e. The average Bonchev–Trinajstić information content (AvgIpc) is 2.30. The van der Waals surface area contributed by atoms with E-state index < -0.39 is 0 Å². The van der Waals surface area contributed by atoms with Crippen LogP contribution in [0.1, 0.15) is 21.5 Å². The Labute approximate surface area is 72.2 Å². The number of aldehydes is 1. The summed E-state index contributed by atoms with van der Waals surface area (Å²) in [6.45, 7) is 2.08. The number of rotatable bonds is 2. The number of carbonyl (C=O) groups excluding carboxylic acids is 1. The molecule has 1 rings (SSSR count). The summed E-state index contributed by atoms with van der Waals surface area (Å²) in [7, 11) is 0. The number of aryl methyl sites for hydroxylation is 1. The van der Waals surface area contributed by atoms with Crippen molar-refractivity contribution in [2.45, 2.75) is 13.3 Å². The first-order valence-corrected chi connectivity index (χ1v) is 4.62. The smallest absolute Gasteiger partial charge is 0.161 e. The largest absolute Gasteiger partial charge is 0.297 e. The standard InChI is InChI=1S/C7H7BrOS/c1-2-5-3-6(8)7(4-9)10-5/h3-4H,2H2,1H3. The van der Waals surface area contributed by atoms with E-state index in [9.17, 15) is 4.79 Å². The monoisotopic (exact) mass is 218 g/mol. The maximum Gasteiger partial charge on any atom is 0.161 e. The molecule has 0 saturated carbocycles. The lowest BCUT2D eigenvalue weighted by atomic mass is 10.4. The molecule has 0 unspecified atom stereocenters. The van der Waals surface area contributed by atoms with Crippen LogP contribution in [0.5, 0.6) is 0 Å². The van der Waals surface area contributed by atoms with Gasteiger partial charge in [-0.25, -0.2) is 0 Å². The highest BCUT2D eigenvalue weighted by atomic mass is 79.9. The van der Waals surface area contributed by atoms with Gasteiger partial charge < -0.3 is 0 Å². The first-order valence-electron chi connectivity index (χ1n) is 3.01. The normalized spacial score (nSPS) is 9.80. The molecule has 0 saturated heterocycles. The number of halogens is 1. The van der Waals surface area contributed by atoms with Crippen LogP contribution in [0.4, 0.5) is 0 Å². The van der Waals surface area contributed by atoms with Crippen molar-refractivity contribution in [1.82, 2.24) is 0 Å². The molecule has 0 fully saturated rings. The Kier molecular flexibility index (Phi) is 2.63. The van der Waals surface area contributed by atoms with E-state index in [0.717, 1.165) is 22.1 Å². The Morgan fingerprint density at radius 2 is 2.50 bits per heavy atom. The van der Waals surface area contributed by atoms with E-state index in [1.165, 1.54) is 4.88 Å². The van der Waals surface area contributed by atoms with E-state index >= 15 is 0 Å². The van der Waals surface area contributed by atoms with E-state index in [2.05, 4.69) is 22.9 Å². The fourth-order valence-corrected chi connectivity index (χ4v) is 2.26. The molecule has 0 aliphatic heterocycles. The quantitative estimate of drug-likeness (QED) is 0.699. The lowest BCUT2D eigenvalue weighted by molar-refractivity contribution is 0.112. The third-order valence-corrected chi connectivity index (χ3v) is 3.34. The van der Waals surface area contributed by atoms with Gasteiger partial charge in [0.25, 0.3) is 0 Å². The predicted octanol–water partition coefficient (Wildman–Crippen LogP) is 2.89. The summed E-state index contributed by atoms with van der Waals surface area (Å²) in [6.07, 6.45) is 1.88. The van der Waals surface area contributed by atoms with Crippen LogP contribution in [0.2, 0.25) is 0 Å². The first kappa shape index (κ1) is 7.95. The van der Waals surface area contributed by atoms with Crippen molar-refractivity contribution in [3.8, 4) is 0 Å². The first-order chi connectivity index (χ1) is 4.77. The minimum absolute atomic E-state index is 0.789. The van der Waals surface area contributed by atoms with Gasteiger partial charge >= 0.3 is 0 Å². The second-order valence-electron chi connectivity index (χ2n) is 1.90. The summed E-state index contributed by atoms with van der Waals surface area (Å²) in [5.74, 6) is 0. The molecule has 54 valence electrons. The van der Waals surface area contributed by atoms with Crippen molar-refractivity contribution in [3.63, 3.8) is 0 Å². The van der Waals surface area contributed by atoms with Crippen molar-refractivity contribution < 1.29 is 4.79 Å². The molecule has 0 aliphatic carbocycles. The molecule has 1 aromatic rings. The highest BCUT2D eigenvalue weighted by molar-refractivity contribution is 9.10. The number of hydrogen-bond acceptors (Lipinski definition) is 2. The van der Waals surface area contributed by atoms with Crippen LogP contribution in [0, 0.1) is 0 Å². The fourth-order valence-electron chi connectivity index (χ4n) is 0.686. The van der Waals surface area contributed by atoms with Gasteiger partial charge in [0.2, 0.25) is 0 Å². The highest BCUT2D eigenvalue weighted by Gasteiger charge is 2.02. The summed E-state index contributed by atoms with van der Waals surface area (Å²) in [5.41, 5.74) is 0. The van der Waals surface area contributed by atoms with Crippen molar-refractivity contribution in [3.05, 3.63) is 20.3 Å². The zero-order chi connectivity index (χ0) is 7.56. The van der Waals surface area contributed by atoms with Crippen molar-refractivity contribution in [2.75, 3.05) is 0 Å².